The highest BCUT2D eigenvalue weighted by Gasteiger charge is 1.95. The predicted octanol–water partition coefficient (Wildman–Crippen LogP) is 1.54. The topological polar surface area (TPSA) is 66.5 Å². The molecule has 0 aromatic carbocycles. The largest absolute Gasteiger partial charge is 0.363 e. The number of anilines is 1. The molecule has 2 rings (SSSR count). The summed E-state index contributed by atoms with van der Waals surface area (Å²) < 4.78 is 0.362. The van der Waals surface area contributed by atoms with Gasteiger partial charge in [-0.05, 0) is 24.4 Å². The van der Waals surface area contributed by atoms with E-state index in [4.69, 9.17) is 12.2 Å². The van der Waals surface area contributed by atoms with Gasteiger partial charge in [0, 0.05) is 6.20 Å². The van der Waals surface area contributed by atoms with Crippen molar-refractivity contribution >= 4 is 18.0 Å². The molecule has 76 valence electrons. The van der Waals surface area contributed by atoms with E-state index in [1.165, 1.54) is 0 Å². The second-order valence-corrected chi connectivity index (χ2v) is 3.23. The van der Waals surface area contributed by atoms with Crippen molar-refractivity contribution in [3.05, 3.63) is 41.1 Å². The van der Waals surface area contributed by atoms with Gasteiger partial charge in [-0.25, -0.2) is 4.98 Å². The van der Waals surface area contributed by atoms with Crippen molar-refractivity contribution in [2.24, 2.45) is 0 Å². The quantitative estimate of drug-likeness (QED) is 0.766. The fraction of sp³-hybridized carbons (Fsp3) is 0.111. The maximum absolute atomic E-state index is 4.85. The molecular weight excluding hydrogens is 210 g/mol. The lowest BCUT2D eigenvalue weighted by molar-refractivity contribution is 0.932. The van der Waals surface area contributed by atoms with Crippen LogP contribution < -0.4 is 5.32 Å². The summed E-state index contributed by atoms with van der Waals surface area (Å²) in [4.78, 5) is 8.22. The summed E-state index contributed by atoms with van der Waals surface area (Å²) >= 11 is 4.85. The third-order valence-corrected chi connectivity index (χ3v) is 1.93. The molecule has 5 nitrogen and oxygen atoms in total. The van der Waals surface area contributed by atoms with Crippen molar-refractivity contribution in [2.75, 3.05) is 5.32 Å². The van der Waals surface area contributed by atoms with E-state index in [1.807, 2.05) is 18.2 Å². The van der Waals surface area contributed by atoms with Gasteiger partial charge in [-0.15, -0.1) is 0 Å². The molecule has 0 amide bonds. The van der Waals surface area contributed by atoms with Gasteiger partial charge in [0.15, 0.2) is 0 Å². The lowest BCUT2D eigenvalue weighted by atomic mass is 10.3. The second kappa shape index (κ2) is 4.61. The molecule has 0 saturated heterocycles. The zero-order valence-corrected chi connectivity index (χ0v) is 8.66. The first kappa shape index (κ1) is 9.72. The Hall–Kier alpha value is -1.82. The fourth-order valence-electron chi connectivity index (χ4n) is 1.08. The molecule has 0 aliphatic carbocycles. The average molecular weight is 219 g/mol. The number of pyridine rings is 1. The van der Waals surface area contributed by atoms with E-state index in [1.54, 1.807) is 12.4 Å². The average Bonchev–Trinajstić information content (AvgIpc) is 2.28. The lowest BCUT2D eigenvalue weighted by Crippen LogP contribution is -2.03. The Bertz CT molecular complexity index is 481. The third-order valence-electron chi connectivity index (χ3n) is 1.75. The number of hydrogen-bond donors (Lipinski definition) is 2. The lowest BCUT2D eigenvalue weighted by Gasteiger charge is -2.03. The number of hydrogen-bond acceptors (Lipinski definition) is 5. The number of aromatic nitrogens is 4. The molecule has 0 radical (unpaired) electrons. The summed E-state index contributed by atoms with van der Waals surface area (Å²) in [5.74, 6) is 0.643. The molecule has 6 heteroatoms. The van der Waals surface area contributed by atoms with Crippen LogP contribution in [0.15, 0.2) is 30.6 Å². The molecule has 0 saturated carbocycles. The molecular formula is C9H9N5S. The first-order chi connectivity index (χ1) is 7.34. The van der Waals surface area contributed by atoms with Gasteiger partial charge < -0.3 is 5.32 Å². The number of H-pyrrole nitrogens is 1. The Labute approximate surface area is 91.6 Å². The summed E-state index contributed by atoms with van der Waals surface area (Å²) in [5.41, 5.74) is 0.943. The van der Waals surface area contributed by atoms with Crippen molar-refractivity contribution in [1.82, 2.24) is 20.2 Å². The van der Waals surface area contributed by atoms with Crippen LogP contribution in [0.3, 0.4) is 0 Å². The normalized spacial score (nSPS) is 9.87. The molecule has 2 N–H and O–H groups in total. The Morgan fingerprint density at radius 2 is 2.33 bits per heavy atom. The molecule has 0 spiro atoms. The molecule has 2 heterocycles. The van der Waals surface area contributed by atoms with Gasteiger partial charge in [0.05, 0.1) is 18.4 Å². The van der Waals surface area contributed by atoms with Gasteiger partial charge in [-0.2, -0.15) is 5.10 Å². The van der Waals surface area contributed by atoms with Crippen LogP contribution in [0.4, 0.5) is 5.82 Å². The standard InChI is InChI=1S/C9H9N5S/c15-9-13-8(6-12-14-9)11-5-7-3-1-2-4-10-7/h1-4,6H,5H2,(H2,11,13,14,15). The summed E-state index contributed by atoms with van der Waals surface area (Å²) in [5, 5.41) is 9.47. The maximum Gasteiger partial charge on any atom is 0.215 e. The van der Waals surface area contributed by atoms with Gasteiger partial charge in [-0.3, -0.25) is 10.1 Å². The molecule has 0 fully saturated rings. The molecule has 0 bridgehead atoms. The SMILES string of the molecule is S=c1nc(NCc2ccccn2)cn[nH]1. The first-order valence-corrected chi connectivity index (χ1v) is 4.81. The number of nitrogens with one attached hydrogen (secondary N) is 2. The molecule has 15 heavy (non-hydrogen) atoms. The zero-order chi connectivity index (χ0) is 10.5. The van der Waals surface area contributed by atoms with Crippen LogP contribution in [0.25, 0.3) is 0 Å². The van der Waals surface area contributed by atoms with E-state index < -0.39 is 0 Å². The van der Waals surface area contributed by atoms with Gasteiger partial charge >= 0.3 is 0 Å². The highest BCUT2D eigenvalue weighted by atomic mass is 32.1. The van der Waals surface area contributed by atoms with Gasteiger partial charge in [0.2, 0.25) is 4.77 Å². The van der Waals surface area contributed by atoms with Crippen molar-refractivity contribution in [3.63, 3.8) is 0 Å². The van der Waals surface area contributed by atoms with Gasteiger partial charge in [-0.1, -0.05) is 6.07 Å². The number of nitrogens with zero attached hydrogens (tertiary/aromatic N) is 3. The van der Waals surface area contributed by atoms with Crippen LogP contribution >= 0.6 is 12.2 Å². The molecule has 2 aromatic rings. The van der Waals surface area contributed by atoms with E-state index in [9.17, 15) is 0 Å². The van der Waals surface area contributed by atoms with Crippen LogP contribution in [0.2, 0.25) is 0 Å². The predicted molar refractivity (Wildman–Crippen MR) is 58.8 cm³/mol. The Kier molecular flexibility index (Phi) is 2.99. The van der Waals surface area contributed by atoms with Crippen LogP contribution in [0.5, 0.6) is 0 Å². The monoisotopic (exact) mass is 219 g/mol. The smallest absolute Gasteiger partial charge is 0.215 e. The minimum Gasteiger partial charge on any atom is -0.363 e. The molecule has 0 unspecified atom stereocenters. The molecule has 0 aliphatic rings. The maximum atomic E-state index is 4.85. The number of aromatic amines is 1. The zero-order valence-electron chi connectivity index (χ0n) is 7.84. The minimum atomic E-state index is 0.362. The fourth-order valence-corrected chi connectivity index (χ4v) is 1.23. The molecule has 2 aromatic heterocycles. The van der Waals surface area contributed by atoms with Crippen molar-refractivity contribution in [2.45, 2.75) is 6.54 Å². The van der Waals surface area contributed by atoms with Crippen molar-refractivity contribution in [3.8, 4) is 0 Å². The first-order valence-electron chi connectivity index (χ1n) is 4.40. The molecule has 0 atom stereocenters. The van der Waals surface area contributed by atoms with Crippen LogP contribution in [-0.2, 0) is 6.54 Å². The minimum absolute atomic E-state index is 0.362. The van der Waals surface area contributed by atoms with E-state index in [0.29, 0.717) is 17.1 Å². The highest BCUT2D eigenvalue weighted by Crippen LogP contribution is 2.00. The Balaban J connectivity index is 2.02. The van der Waals surface area contributed by atoms with Crippen molar-refractivity contribution in [1.29, 1.82) is 0 Å². The van der Waals surface area contributed by atoms with E-state index in [0.717, 1.165) is 5.69 Å². The third kappa shape index (κ3) is 2.81. The van der Waals surface area contributed by atoms with Gasteiger partial charge in [0.25, 0.3) is 0 Å². The summed E-state index contributed by atoms with van der Waals surface area (Å²) in [6.45, 7) is 0.605. The summed E-state index contributed by atoms with van der Waals surface area (Å²) in [6, 6.07) is 5.75. The van der Waals surface area contributed by atoms with E-state index in [-0.39, 0.29) is 0 Å². The summed E-state index contributed by atoms with van der Waals surface area (Å²) in [6.07, 6.45) is 3.33. The Morgan fingerprint density at radius 1 is 1.40 bits per heavy atom. The highest BCUT2D eigenvalue weighted by molar-refractivity contribution is 7.71. The van der Waals surface area contributed by atoms with Crippen LogP contribution in [0, 0.1) is 4.77 Å². The second-order valence-electron chi connectivity index (χ2n) is 2.85. The van der Waals surface area contributed by atoms with E-state index in [2.05, 4.69) is 25.5 Å². The van der Waals surface area contributed by atoms with Gasteiger partial charge in [0.1, 0.15) is 5.82 Å². The Morgan fingerprint density at radius 3 is 3.07 bits per heavy atom. The van der Waals surface area contributed by atoms with Crippen LogP contribution in [-0.4, -0.2) is 20.2 Å². The molecule has 0 aliphatic heterocycles. The number of rotatable bonds is 3. The van der Waals surface area contributed by atoms with Crippen LogP contribution in [0.1, 0.15) is 5.69 Å². The van der Waals surface area contributed by atoms with Crippen molar-refractivity contribution < 1.29 is 0 Å². The summed E-state index contributed by atoms with van der Waals surface area (Å²) in [7, 11) is 0. The van der Waals surface area contributed by atoms with E-state index >= 15 is 0 Å².